The maximum absolute atomic E-state index is 12.9. The molecule has 5 nitrogen and oxygen atoms in total. The highest BCUT2D eigenvalue weighted by atomic mass is 79.9. The average Bonchev–Trinajstić information content (AvgIpc) is 3.38. The van der Waals surface area contributed by atoms with Crippen molar-refractivity contribution in [2.24, 2.45) is 0 Å². The van der Waals surface area contributed by atoms with Crippen LogP contribution in [0.4, 0.5) is 0 Å². The lowest BCUT2D eigenvalue weighted by atomic mass is 10.1. The number of carbonyl (C=O) groups excluding carboxylic acids is 1. The smallest absolute Gasteiger partial charge is 0.247 e. The summed E-state index contributed by atoms with van der Waals surface area (Å²) >= 11 is 3.27. The molecule has 0 atom stereocenters. The van der Waals surface area contributed by atoms with Gasteiger partial charge in [-0.3, -0.25) is 4.79 Å². The normalized spacial score (nSPS) is 16.5. The van der Waals surface area contributed by atoms with Crippen molar-refractivity contribution in [1.29, 1.82) is 0 Å². The van der Waals surface area contributed by atoms with Crippen molar-refractivity contribution in [2.75, 3.05) is 6.79 Å². The molecule has 1 amide bonds. The molecule has 2 heterocycles. The molecule has 0 N–H and O–H groups in total. The highest BCUT2D eigenvalue weighted by molar-refractivity contribution is 9.10. The van der Waals surface area contributed by atoms with E-state index >= 15 is 0 Å². The third-order valence-corrected chi connectivity index (χ3v) is 5.25. The van der Waals surface area contributed by atoms with E-state index in [4.69, 9.17) is 13.9 Å². The molecule has 26 heavy (non-hydrogen) atoms. The van der Waals surface area contributed by atoms with E-state index in [0.29, 0.717) is 17.0 Å². The van der Waals surface area contributed by atoms with Gasteiger partial charge in [-0.2, -0.15) is 0 Å². The quantitative estimate of drug-likeness (QED) is 0.658. The summed E-state index contributed by atoms with van der Waals surface area (Å²) in [5, 5.41) is 0. The fraction of sp³-hybridized carbons (Fsp3) is 0.350. The van der Waals surface area contributed by atoms with Crippen LogP contribution in [0.25, 0.3) is 6.08 Å². The van der Waals surface area contributed by atoms with Gasteiger partial charge in [0.05, 0.1) is 0 Å². The zero-order valence-electron chi connectivity index (χ0n) is 14.3. The van der Waals surface area contributed by atoms with E-state index in [0.717, 1.165) is 29.9 Å². The van der Waals surface area contributed by atoms with Gasteiger partial charge in [0.15, 0.2) is 16.2 Å². The Labute approximate surface area is 160 Å². The third kappa shape index (κ3) is 3.80. The Morgan fingerprint density at radius 3 is 2.73 bits per heavy atom. The Bertz CT molecular complexity index is 823. The zero-order chi connectivity index (χ0) is 17.9. The van der Waals surface area contributed by atoms with E-state index < -0.39 is 0 Å². The van der Waals surface area contributed by atoms with Crippen molar-refractivity contribution in [1.82, 2.24) is 4.90 Å². The highest BCUT2D eigenvalue weighted by Crippen LogP contribution is 2.33. The molecule has 0 spiro atoms. The van der Waals surface area contributed by atoms with Crippen molar-refractivity contribution in [3.63, 3.8) is 0 Å². The van der Waals surface area contributed by atoms with Gasteiger partial charge in [-0.15, -0.1) is 0 Å². The molecule has 0 saturated heterocycles. The molecule has 1 aromatic carbocycles. The van der Waals surface area contributed by atoms with E-state index in [9.17, 15) is 4.79 Å². The molecule has 136 valence electrons. The largest absolute Gasteiger partial charge is 0.454 e. The van der Waals surface area contributed by atoms with Gasteiger partial charge < -0.3 is 18.8 Å². The Morgan fingerprint density at radius 2 is 1.96 bits per heavy atom. The van der Waals surface area contributed by atoms with Gasteiger partial charge in [-0.1, -0.05) is 18.9 Å². The first-order chi connectivity index (χ1) is 12.7. The lowest BCUT2D eigenvalue weighted by molar-refractivity contribution is -0.128. The molecular formula is C20H20BrNO4. The maximum Gasteiger partial charge on any atom is 0.247 e. The molecule has 4 rings (SSSR count). The number of amides is 1. The van der Waals surface area contributed by atoms with Crippen LogP contribution in [-0.4, -0.2) is 23.6 Å². The van der Waals surface area contributed by atoms with E-state index in [1.54, 1.807) is 12.2 Å². The molecule has 1 aliphatic carbocycles. The molecule has 1 saturated carbocycles. The molecule has 2 aliphatic rings. The van der Waals surface area contributed by atoms with Crippen LogP contribution in [-0.2, 0) is 11.3 Å². The van der Waals surface area contributed by atoms with Crippen LogP contribution in [0.15, 0.2) is 45.5 Å². The summed E-state index contributed by atoms with van der Waals surface area (Å²) in [4.78, 5) is 14.8. The molecule has 6 heteroatoms. The minimum Gasteiger partial charge on any atom is -0.454 e. The van der Waals surface area contributed by atoms with Crippen LogP contribution >= 0.6 is 15.9 Å². The predicted molar refractivity (Wildman–Crippen MR) is 101 cm³/mol. The van der Waals surface area contributed by atoms with Gasteiger partial charge in [0, 0.05) is 18.7 Å². The molecule has 1 aromatic heterocycles. The number of benzene rings is 1. The first-order valence-electron chi connectivity index (χ1n) is 8.81. The van der Waals surface area contributed by atoms with Crippen LogP contribution in [0.1, 0.15) is 37.0 Å². The standard InChI is InChI=1S/C20H20BrNO4/c21-19-9-6-16(26-19)7-10-20(23)22(15-3-1-2-4-15)12-14-5-8-17-18(11-14)25-13-24-17/h5-11,15H,1-4,12-13H2/b10-7+. The molecular weight excluding hydrogens is 398 g/mol. The number of fused-ring (bicyclic) bond motifs is 1. The summed E-state index contributed by atoms with van der Waals surface area (Å²) < 4.78 is 16.9. The maximum atomic E-state index is 12.9. The van der Waals surface area contributed by atoms with Crippen molar-refractivity contribution in [3.8, 4) is 11.5 Å². The number of carbonyl (C=O) groups is 1. The Hall–Kier alpha value is -2.21. The lowest BCUT2D eigenvalue weighted by Gasteiger charge is -2.28. The summed E-state index contributed by atoms with van der Waals surface area (Å²) in [6.45, 7) is 0.817. The second-order valence-electron chi connectivity index (χ2n) is 6.57. The monoisotopic (exact) mass is 417 g/mol. The number of halogens is 1. The summed E-state index contributed by atoms with van der Waals surface area (Å²) in [5.41, 5.74) is 1.05. The van der Waals surface area contributed by atoms with Crippen molar-refractivity contribution < 1.29 is 18.7 Å². The molecule has 2 aromatic rings. The Morgan fingerprint density at radius 1 is 1.15 bits per heavy atom. The Kier molecular flexibility index (Phi) is 5.02. The fourth-order valence-corrected chi connectivity index (χ4v) is 3.82. The minimum absolute atomic E-state index is 0.00193. The van der Waals surface area contributed by atoms with Crippen molar-refractivity contribution >= 4 is 27.9 Å². The molecule has 1 fully saturated rings. The number of hydrogen-bond acceptors (Lipinski definition) is 4. The SMILES string of the molecule is O=C(/C=C/c1ccc(Br)o1)N(Cc1ccc2c(c1)OCO2)C1CCCC1. The van der Waals surface area contributed by atoms with Crippen LogP contribution in [0, 0.1) is 0 Å². The topological polar surface area (TPSA) is 51.9 Å². The first-order valence-corrected chi connectivity index (χ1v) is 9.61. The molecule has 0 bridgehead atoms. The van der Waals surface area contributed by atoms with E-state index in [1.165, 1.54) is 12.8 Å². The molecule has 0 radical (unpaired) electrons. The zero-order valence-corrected chi connectivity index (χ0v) is 15.9. The predicted octanol–water partition coefficient (Wildman–Crippen LogP) is 4.76. The van der Waals surface area contributed by atoms with Crippen LogP contribution in [0.3, 0.4) is 0 Å². The summed E-state index contributed by atoms with van der Waals surface area (Å²) in [7, 11) is 0. The summed E-state index contributed by atoms with van der Waals surface area (Å²) in [6.07, 6.45) is 7.76. The third-order valence-electron chi connectivity index (χ3n) is 4.82. The average molecular weight is 418 g/mol. The van der Waals surface area contributed by atoms with Gasteiger partial charge in [-0.05, 0) is 64.7 Å². The van der Waals surface area contributed by atoms with Gasteiger partial charge in [0.2, 0.25) is 12.7 Å². The van der Waals surface area contributed by atoms with Crippen LogP contribution in [0.2, 0.25) is 0 Å². The number of furan rings is 1. The van der Waals surface area contributed by atoms with E-state index in [1.807, 2.05) is 35.2 Å². The fourth-order valence-electron chi connectivity index (χ4n) is 3.51. The van der Waals surface area contributed by atoms with E-state index in [2.05, 4.69) is 15.9 Å². The van der Waals surface area contributed by atoms with Crippen molar-refractivity contribution in [3.05, 3.63) is 52.4 Å². The van der Waals surface area contributed by atoms with Gasteiger partial charge in [-0.25, -0.2) is 0 Å². The summed E-state index contributed by atoms with van der Waals surface area (Å²) in [6, 6.07) is 9.78. The number of rotatable bonds is 5. The van der Waals surface area contributed by atoms with Gasteiger partial charge >= 0.3 is 0 Å². The Balaban J connectivity index is 1.52. The highest BCUT2D eigenvalue weighted by Gasteiger charge is 2.26. The minimum atomic E-state index is 0.00193. The lowest BCUT2D eigenvalue weighted by Crippen LogP contribution is -2.37. The summed E-state index contributed by atoms with van der Waals surface area (Å²) in [5.74, 6) is 2.16. The first kappa shape index (κ1) is 17.2. The van der Waals surface area contributed by atoms with Crippen LogP contribution < -0.4 is 9.47 Å². The molecule has 0 unspecified atom stereocenters. The van der Waals surface area contributed by atoms with Crippen LogP contribution in [0.5, 0.6) is 11.5 Å². The van der Waals surface area contributed by atoms with Gasteiger partial charge in [0.1, 0.15) is 5.76 Å². The van der Waals surface area contributed by atoms with Gasteiger partial charge in [0.25, 0.3) is 0 Å². The molecule has 1 aliphatic heterocycles. The number of hydrogen-bond donors (Lipinski definition) is 0. The number of ether oxygens (including phenoxy) is 2. The van der Waals surface area contributed by atoms with Crippen molar-refractivity contribution in [2.45, 2.75) is 38.3 Å². The second-order valence-corrected chi connectivity index (χ2v) is 7.35. The second kappa shape index (κ2) is 7.58. The van der Waals surface area contributed by atoms with E-state index in [-0.39, 0.29) is 18.7 Å². The number of nitrogens with zero attached hydrogens (tertiary/aromatic N) is 1.